The van der Waals surface area contributed by atoms with Crippen LogP contribution in [0.3, 0.4) is 0 Å². The molecule has 0 aliphatic rings. The molecule has 9 nitrogen and oxygen atoms in total. The summed E-state index contributed by atoms with van der Waals surface area (Å²) in [7, 11) is 0. The van der Waals surface area contributed by atoms with Gasteiger partial charge in [0.2, 0.25) is 11.8 Å². The highest BCUT2D eigenvalue weighted by Crippen LogP contribution is 2.15. The Morgan fingerprint density at radius 3 is 2.69 bits per heavy atom. The summed E-state index contributed by atoms with van der Waals surface area (Å²) in [5.41, 5.74) is 1.93. The van der Waals surface area contributed by atoms with E-state index in [1.807, 2.05) is 0 Å². The lowest BCUT2D eigenvalue weighted by molar-refractivity contribution is -0.116. The maximum Gasteiger partial charge on any atom is 0.277 e. The molecule has 26 heavy (non-hydrogen) atoms. The lowest BCUT2D eigenvalue weighted by Gasteiger charge is -2.08. The Morgan fingerprint density at radius 2 is 1.96 bits per heavy atom. The number of aromatic nitrogens is 4. The monoisotopic (exact) mass is 354 g/mol. The molecule has 0 unspecified atom stereocenters. The molecule has 0 radical (unpaired) electrons. The van der Waals surface area contributed by atoms with Gasteiger partial charge in [0, 0.05) is 30.3 Å². The fourth-order valence-electron chi connectivity index (χ4n) is 2.62. The molecule has 0 spiro atoms. The maximum absolute atomic E-state index is 12.4. The van der Waals surface area contributed by atoms with Gasteiger partial charge in [-0.15, -0.1) is 0 Å². The summed E-state index contributed by atoms with van der Waals surface area (Å²) in [6.45, 7) is 3.14. The Labute approximate surface area is 148 Å². The smallest absolute Gasteiger partial charge is 0.277 e. The Balaban J connectivity index is 1.68. The normalized spacial score (nSPS) is 10.7. The number of amides is 2. The molecule has 2 aromatic heterocycles. The van der Waals surface area contributed by atoms with E-state index in [4.69, 9.17) is 0 Å². The van der Waals surface area contributed by atoms with Gasteiger partial charge < -0.3 is 10.6 Å². The Kier molecular flexibility index (Phi) is 4.78. The van der Waals surface area contributed by atoms with E-state index in [2.05, 4.69) is 25.7 Å². The lowest BCUT2D eigenvalue weighted by atomic mass is 10.1. The highest BCUT2D eigenvalue weighted by atomic mass is 16.2. The molecule has 0 saturated heterocycles. The number of benzene rings is 1. The summed E-state index contributed by atoms with van der Waals surface area (Å²) in [6.07, 6.45) is 1.78. The van der Waals surface area contributed by atoms with Crippen LogP contribution < -0.4 is 16.2 Å². The van der Waals surface area contributed by atoms with E-state index in [0.717, 1.165) is 0 Å². The fourth-order valence-corrected chi connectivity index (χ4v) is 2.62. The third-order valence-electron chi connectivity index (χ3n) is 3.80. The third-order valence-corrected chi connectivity index (χ3v) is 3.80. The van der Waals surface area contributed by atoms with E-state index >= 15 is 0 Å². The van der Waals surface area contributed by atoms with Crippen LogP contribution in [-0.2, 0) is 16.0 Å². The van der Waals surface area contributed by atoms with Crippen LogP contribution in [0.2, 0.25) is 0 Å². The SMILES string of the molecule is CC(=O)Nc1cccc(NC(=O)CCc2c(C)nc3nc[nH]n3c2=O)c1. The topological polar surface area (TPSA) is 121 Å². The number of carbonyl (C=O) groups is 2. The average molecular weight is 354 g/mol. The molecular formula is C17H18N6O3. The second-order valence-electron chi connectivity index (χ2n) is 5.81. The van der Waals surface area contributed by atoms with Crippen molar-refractivity contribution in [2.75, 3.05) is 10.6 Å². The average Bonchev–Trinajstić information content (AvgIpc) is 3.02. The molecule has 0 saturated carbocycles. The van der Waals surface area contributed by atoms with Crippen molar-refractivity contribution in [2.45, 2.75) is 26.7 Å². The quantitative estimate of drug-likeness (QED) is 0.637. The van der Waals surface area contributed by atoms with Crippen LogP contribution in [0, 0.1) is 6.92 Å². The number of nitrogens with zero attached hydrogens (tertiary/aromatic N) is 3. The summed E-state index contributed by atoms with van der Waals surface area (Å²) < 4.78 is 1.25. The molecule has 3 aromatic rings. The number of hydrogen-bond acceptors (Lipinski definition) is 5. The summed E-state index contributed by atoms with van der Waals surface area (Å²) in [4.78, 5) is 43.9. The molecule has 0 aliphatic heterocycles. The number of aryl methyl sites for hydroxylation is 1. The number of hydrogen-bond donors (Lipinski definition) is 3. The number of anilines is 2. The number of aromatic amines is 1. The van der Waals surface area contributed by atoms with Gasteiger partial charge in [-0.2, -0.15) is 4.52 Å². The molecule has 3 N–H and O–H groups in total. The lowest BCUT2D eigenvalue weighted by Crippen LogP contribution is -2.23. The first-order valence-corrected chi connectivity index (χ1v) is 8.03. The van der Waals surface area contributed by atoms with Crippen LogP contribution in [0.1, 0.15) is 24.6 Å². The van der Waals surface area contributed by atoms with Crippen molar-refractivity contribution in [3.63, 3.8) is 0 Å². The number of fused-ring (bicyclic) bond motifs is 1. The van der Waals surface area contributed by atoms with E-state index < -0.39 is 0 Å². The minimum Gasteiger partial charge on any atom is -0.326 e. The van der Waals surface area contributed by atoms with Gasteiger partial charge in [0.05, 0.1) is 5.69 Å². The molecule has 0 bridgehead atoms. The van der Waals surface area contributed by atoms with Gasteiger partial charge in [-0.05, 0) is 31.5 Å². The molecular weight excluding hydrogens is 336 g/mol. The second kappa shape index (κ2) is 7.18. The van der Waals surface area contributed by atoms with Crippen molar-refractivity contribution < 1.29 is 9.59 Å². The van der Waals surface area contributed by atoms with Crippen LogP contribution in [0.5, 0.6) is 0 Å². The van der Waals surface area contributed by atoms with Crippen molar-refractivity contribution in [2.24, 2.45) is 0 Å². The van der Waals surface area contributed by atoms with E-state index in [1.165, 1.54) is 17.8 Å². The molecule has 0 fully saturated rings. The van der Waals surface area contributed by atoms with Gasteiger partial charge in [-0.1, -0.05) is 6.07 Å². The van der Waals surface area contributed by atoms with E-state index in [0.29, 0.717) is 28.4 Å². The van der Waals surface area contributed by atoms with Crippen LogP contribution in [-0.4, -0.2) is 31.4 Å². The molecule has 134 valence electrons. The van der Waals surface area contributed by atoms with Crippen molar-refractivity contribution in [3.8, 4) is 0 Å². The predicted molar refractivity (Wildman–Crippen MR) is 96.0 cm³/mol. The number of carbonyl (C=O) groups excluding carboxylic acids is 2. The van der Waals surface area contributed by atoms with Gasteiger partial charge >= 0.3 is 0 Å². The Bertz CT molecular complexity index is 1040. The van der Waals surface area contributed by atoms with Crippen LogP contribution in [0.25, 0.3) is 5.78 Å². The molecule has 2 amide bonds. The van der Waals surface area contributed by atoms with Crippen molar-refractivity contribution in [1.29, 1.82) is 0 Å². The number of nitrogens with one attached hydrogen (secondary N) is 3. The first-order valence-electron chi connectivity index (χ1n) is 8.03. The maximum atomic E-state index is 12.4. The predicted octanol–water partition coefficient (Wildman–Crippen LogP) is 1.26. The van der Waals surface area contributed by atoms with Gasteiger partial charge in [-0.3, -0.25) is 19.5 Å². The first kappa shape index (κ1) is 17.3. The van der Waals surface area contributed by atoms with Crippen LogP contribution in [0.15, 0.2) is 35.4 Å². The second-order valence-corrected chi connectivity index (χ2v) is 5.81. The zero-order valence-electron chi connectivity index (χ0n) is 14.4. The summed E-state index contributed by atoms with van der Waals surface area (Å²) in [5.74, 6) is -0.125. The molecule has 0 atom stereocenters. The zero-order valence-corrected chi connectivity index (χ0v) is 14.4. The molecule has 3 rings (SSSR count). The Morgan fingerprint density at radius 1 is 1.23 bits per heavy atom. The highest BCUT2D eigenvalue weighted by Gasteiger charge is 2.13. The zero-order chi connectivity index (χ0) is 18.7. The molecule has 2 heterocycles. The van der Waals surface area contributed by atoms with Crippen molar-refractivity contribution >= 4 is 29.0 Å². The molecule has 0 aliphatic carbocycles. The van der Waals surface area contributed by atoms with E-state index in [-0.39, 0.29) is 30.2 Å². The van der Waals surface area contributed by atoms with E-state index in [9.17, 15) is 14.4 Å². The molecule has 1 aromatic carbocycles. The van der Waals surface area contributed by atoms with Crippen molar-refractivity contribution in [1.82, 2.24) is 19.6 Å². The van der Waals surface area contributed by atoms with Gasteiger partial charge in [0.1, 0.15) is 6.33 Å². The van der Waals surface area contributed by atoms with Crippen LogP contribution >= 0.6 is 0 Å². The minimum atomic E-state index is -0.259. The van der Waals surface area contributed by atoms with E-state index in [1.54, 1.807) is 31.2 Å². The first-order chi connectivity index (χ1) is 12.4. The third kappa shape index (κ3) is 3.77. The largest absolute Gasteiger partial charge is 0.326 e. The summed E-state index contributed by atoms with van der Waals surface area (Å²) >= 11 is 0. The van der Waals surface area contributed by atoms with Gasteiger partial charge in [-0.25, -0.2) is 9.97 Å². The van der Waals surface area contributed by atoms with Crippen molar-refractivity contribution in [3.05, 3.63) is 52.2 Å². The Hall–Kier alpha value is -3.49. The minimum absolute atomic E-state index is 0.127. The summed E-state index contributed by atoms with van der Waals surface area (Å²) in [6, 6.07) is 6.85. The standard InChI is InChI=1S/C17H18N6O3/c1-10-14(16(26)23-17(20-10)18-9-19-23)6-7-15(25)22-13-5-3-4-12(8-13)21-11(2)24/h3-5,8-9H,6-7H2,1-2H3,(H,21,24)(H,22,25)(H,18,19,20). The number of H-pyrrole nitrogens is 1. The van der Waals surface area contributed by atoms with Gasteiger partial charge in [0.15, 0.2) is 0 Å². The van der Waals surface area contributed by atoms with Gasteiger partial charge in [0.25, 0.3) is 11.3 Å². The highest BCUT2D eigenvalue weighted by molar-refractivity contribution is 5.93. The fraction of sp³-hybridized carbons (Fsp3) is 0.235. The number of rotatable bonds is 5. The molecule has 9 heteroatoms. The van der Waals surface area contributed by atoms with Crippen LogP contribution in [0.4, 0.5) is 11.4 Å². The summed E-state index contributed by atoms with van der Waals surface area (Å²) in [5, 5.41) is 8.11.